The van der Waals surface area contributed by atoms with Crippen LogP contribution in [0.3, 0.4) is 0 Å². The number of carbonyl (C=O) groups excluding carboxylic acids is 1. The van der Waals surface area contributed by atoms with Gasteiger partial charge in [-0.2, -0.15) is 0 Å². The Kier molecular flexibility index (Phi) is 4.75. The van der Waals surface area contributed by atoms with Crippen molar-refractivity contribution in [2.75, 3.05) is 0 Å². The minimum absolute atomic E-state index is 0.0319. The van der Waals surface area contributed by atoms with Crippen molar-refractivity contribution in [3.63, 3.8) is 0 Å². The molecule has 0 aromatic rings. The molecule has 1 aliphatic carbocycles. The van der Waals surface area contributed by atoms with Crippen LogP contribution in [0.15, 0.2) is 0 Å². The molecule has 1 aliphatic rings. The van der Waals surface area contributed by atoms with Gasteiger partial charge in [0.15, 0.2) is 0 Å². The van der Waals surface area contributed by atoms with Crippen molar-refractivity contribution in [3.05, 3.63) is 0 Å². The number of hydrogen-bond acceptors (Lipinski definition) is 2. The van der Waals surface area contributed by atoms with E-state index in [-0.39, 0.29) is 17.0 Å². The van der Waals surface area contributed by atoms with E-state index in [1.807, 2.05) is 13.8 Å². The normalized spacial score (nSPS) is 20.4. The summed E-state index contributed by atoms with van der Waals surface area (Å²) in [6, 6.07) is 0. The Labute approximate surface area is 119 Å². The van der Waals surface area contributed by atoms with Crippen LogP contribution >= 0.6 is 0 Å². The highest BCUT2D eigenvalue weighted by Crippen LogP contribution is 2.43. The van der Waals surface area contributed by atoms with Crippen molar-refractivity contribution in [2.24, 2.45) is 16.7 Å². The van der Waals surface area contributed by atoms with Gasteiger partial charge in [-0.25, -0.2) is 0 Å². The van der Waals surface area contributed by atoms with Crippen LogP contribution in [0.2, 0.25) is 0 Å². The van der Waals surface area contributed by atoms with Gasteiger partial charge < -0.3 is 4.74 Å². The smallest absolute Gasteiger partial charge is 0.312 e. The average molecular weight is 268 g/mol. The summed E-state index contributed by atoms with van der Waals surface area (Å²) in [5.41, 5.74) is -0.763. The second kappa shape index (κ2) is 5.46. The molecule has 112 valence electrons. The Balaban J connectivity index is 2.89. The molecule has 0 aromatic carbocycles. The zero-order valence-corrected chi connectivity index (χ0v) is 13.9. The third-order valence-electron chi connectivity index (χ3n) is 5.43. The van der Waals surface area contributed by atoms with Crippen molar-refractivity contribution >= 4 is 5.97 Å². The number of rotatable bonds is 3. The summed E-state index contributed by atoms with van der Waals surface area (Å²) in [6.07, 6.45) is 5.69. The number of carbonyl (C=O) groups is 1. The van der Waals surface area contributed by atoms with Crippen molar-refractivity contribution in [1.29, 1.82) is 0 Å². The predicted molar refractivity (Wildman–Crippen MR) is 80.0 cm³/mol. The van der Waals surface area contributed by atoms with Gasteiger partial charge in [-0.05, 0) is 50.9 Å². The minimum atomic E-state index is -0.452. The molecule has 1 rings (SSSR count). The molecule has 0 aliphatic heterocycles. The Bertz CT molecular complexity index is 315. The van der Waals surface area contributed by atoms with E-state index < -0.39 is 5.41 Å². The highest BCUT2D eigenvalue weighted by atomic mass is 16.6. The van der Waals surface area contributed by atoms with Crippen LogP contribution in [0.25, 0.3) is 0 Å². The monoisotopic (exact) mass is 268 g/mol. The van der Waals surface area contributed by atoms with Crippen LogP contribution in [0.5, 0.6) is 0 Å². The Morgan fingerprint density at radius 3 is 1.84 bits per heavy atom. The number of ether oxygens (including phenoxy) is 1. The molecule has 0 saturated heterocycles. The first-order valence-corrected chi connectivity index (χ1v) is 7.76. The molecule has 0 heterocycles. The molecule has 0 amide bonds. The van der Waals surface area contributed by atoms with E-state index in [9.17, 15) is 4.79 Å². The Morgan fingerprint density at radius 2 is 1.47 bits per heavy atom. The van der Waals surface area contributed by atoms with Gasteiger partial charge in [0.1, 0.15) is 5.60 Å². The van der Waals surface area contributed by atoms with E-state index in [2.05, 4.69) is 34.6 Å². The maximum Gasteiger partial charge on any atom is 0.312 e. The second-order valence-electron chi connectivity index (χ2n) is 8.04. The predicted octanol–water partition coefficient (Wildman–Crippen LogP) is 4.96. The second-order valence-corrected chi connectivity index (χ2v) is 8.04. The zero-order valence-electron chi connectivity index (χ0n) is 13.9. The van der Waals surface area contributed by atoms with E-state index in [0.717, 1.165) is 12.8 Å². The molecule has 1 fully saturated rings. The highest BCUT2D eigenvalue weighted by Gasteiger charge is 2.46. The van der Waals surface area contributed by atoms with Crippen molar-refractivity contribution in [2.45, 2.75) is 86.2 Å². The first kappa shape index (κ1) is 16.5. The lowest BCUT2D eigenvalue weighted by atomic mass is 9.69. The molecule has 0 N–H and O–H groups in total. The fraction of sp³-hybridized carbons (Fsp3) is 0.941. The van der Waals surface area contributed by atoms with Crippen LogP contribution in [0, 0.1) is 16.7 Å². The molecule has 1 saturated carbocycles. The van der Waals surface area contributed by atoms with Gasteiger partial charge in [-0.15, -0.1) is 0 Å². The zero-order chi connectivity index (χ0) is 14.9. The number of esters is 1. The van der Waals surface area contributed by atoms with Gasteiger partial charge >= 0.3 is 5.97 Å². The quantitative estimate of drug-likeness (QED) is 0.676. The van der Waals surface area contributed by atoms with E-state index in [1.54, 1.807) is 0 Å². The van der Waals surface area contributed by atoms with Crippen LogP contribution in [-0.4, -0.2) is 11.6 Å². The van der Waals surface area contributed by atoms with Crippen molar-refractivity contribution in [1.82, 2.24) is 0 Å². The fourth-order valence-electron chi connectivity index (χ4n) is 2.57. The third-order valence-corrected chi connectivity index (χ3v) is 5.43. The summed E-state index contributed by atoms with van der Waals surface area (Å²) in [5, 5.41) is 0. The van der Waals surface area contributed by atoms with E-state index in [0.29, 0.717) is 5.92 Å². The molecule has 0 aromatic heterocycles. The average Bonchev–Trinajstić information content (AvgIpc) is 2.28. The molecule has 0 radical (unpaired) electrons. The molecule has 0 unspecified atom stereocenters. The van der Waals surface area contributed by atoms with E-state index >= 15 is 0 Å². The van der Waals surface area contributed by atoms with Crippen LogP contribution in [0.1, 0.15) is 80.6 Å². The maximum absolute atomic E-state index is 12.7. The topological polar surface area (TPSA) is 26.3 Å². The Morgan fingerprint density at radius 1 is 1.00 bits per heavy atom. The van der Waals surface area contributed by atoms with Gasteiger partial charge in [0.2, 0.25) is 0 Å². The SMILES string of the molecule is CC(C)C1(OC(=O)C(C)(C)C(C)(C)C)CCCCC1. The summed E-state index contributed by atoms with van der Waals surface area (Å²) in [6.45, 7) is 14.7. The lowest BCUT2D eigenvalue weighted by molar-refractivity contribution is -0.186. The lowest BCUT2D eigenvalue weighted by Crippen LogP contribution is -2.48. The van der Waals surface area contributed by atoms with Gasteiger partial charge in [0.05, 0.1) is 5.41 Å². The summed E-state index contributed by atoms with van der Waals surface area (Å²) in [5.74, 6) is 0.364. The summed E-state index contributed by atoms with van der Waals surface area (Å²) in [7, 11) is 0. The molecule has 0 spiro atoms. The van der Waals surface area contributed by atoms with E-state index in [4.69, 9.17) is 4.74 Å². The van der Waals surface area contributed by atoms with Gasteiger partial charge in [-0.3, -0.25) is 4.79 Å². The van der Waals surface area contributed by atoms with Gasteiger partial charge in [0.25, 0.3) is 0 Å². The molecular formula is C17H32O2. The van der Waals surface area contributed by atoms with Gasteiger partial charge in [0, 0.05) is 0 Å². The van der Waals surface area contributed by atoms with Crippen molar-refractivity contribution < 1.29 is 9.53 Å². The van der Waals surface area contributed by atoms with Crippen LogP contribution < -0.4 is 0 Å². The van der Waals surface area contributed by atoms with E-state index in [1.165, 1.54) is 19.3 Å². The highest BCUT2D eigenvalue weighted by molar-refractivity contribution is 5.77. The number of hydrogen-bond donors (Lipinski definition) is 0. The molecular weight excluding hydrogens is 236 g/mol. The van der Waals surface area contributed by atoms with Crippen LogP contribution in [0.4, 0.5) is 0 Å². The van der Waals surface area contributed by atoms with Gasteiger partial charge in [-0.1, -0.05) is 41.0 Å². The van der Waals surface area contributed by atoms with Crippen molar-refractivity contribution in [3.8, 4) is 0 Å². The standard InChI is InChI=1S/C17H32O2/c1-13(2)17(11-9-8-10-12-17)19-14(18)16(6,7)15(3,4)5/h13H,8-12H2,1-7H3. The maximum atomic E-state index is 12.7. The summed E-state index contributed by atoms with van der Waals surface area (Å²) < 4.78 is 6.09. The first-order valence-electron chi connectivity index (χ1n) is 7.76. The molecule has 0 bridgehead atoms. The molecule has 2 nitrogen and oxygen atoms in total. The molecule has 2 heteroatoms. The molecule has 19 heavy (non-hydrogen) atoms. The molecule has 0 atom stereocenters. The Hall–Kier alpha value is -0.530. The summed E-state index contributed by atoms with van der Waals surface area (Å²) in [4.78, 5) is 12.7. The minimum Gasteiger partial charge on any atom is -0.458 e. The van der Waals surface area contributed by atoms with Crippen LogP contribution in [-0.2, 0) is 9.53 Å². The first-order chi connectivity index (χ1) is 8.53. The fourth-order valence-corrected chi connectivity index (χ4v) is 2.57. The summed E-state index contributed by atoms with van der Waals surface area (Å²) >= 11 is 0. The largest absolute Gasteiger partial charge is 0.458 e. The third kappa shape index (κ3) is 3.32. The lowest BCUT2D eigenvalue weighted by Gasteiger charge is -2.44.